The van der Waals surface area contributed by atoms with Gasteiger partial charge in [-0.15, -0.1) is 11.3 Å². The van der Waals surface area contributed by atoms with Crippen molar-refractivity contribution in [3.63, 3.8) is 0 Å². The minimum absolute atomic E-state index is 0.202. The van der Waals surface area contributed by atoms with Crippen molar-refractivity contribution in [3.8, 4) is 0 Å². The molecule has 1 aromatic heterocycles. The van der Waals surface area contributed by atoms with E-state index in [1.807, 2.05) is 22.4 Å². The Morgan fingerprint density at radius 1 is 1.40 bits per heavy atom. The minimum Gasteiger partial charge on any atom is -0.335 e. The average molecular weight is 293 g/mol. The summed E-state index contributed by atoms with van der Waals surface area (Å²) in [6.07, 6.45) is 1.27. The molecule has 20 heavy (non-hydrogen) atoms. The third-order valence-electron chi connectivity index (χ3n) is 4.45. The maximum Gasteiger partial charge on any atom is 0.264 e. The summed E-state index contributed by atoms with van der Waals surface area (Å²) < 4.78 is 0. The number of nitrogens with zero attached hydrogens (tertiary/aromatic N) is 2. The molecule has 1 atom stereocenters. The van der Waals surface area contributed by atoms with E-state index in [4.69, 9.17) is 0 Å². The van der Waals surface area contributed by atoms with Crippen molar-refractivity contribution < 1.29 is 4.79 Å². The number of hydrogen-bond acceptors (Lipinski definition) is 4. The van der Waals surface area contributed by atoms with Crippen molar-refractivity contribution in [2.24, 2.45) is 5.41 Å². The van der Waals surface area contributed by atoms with Crippen molar-refractivity contribution in [2.75, 3.05) is 45.8 Å². The fourth-order valence-corrected chi connectivity index (χ4v) is 3.90. The second kappa shape index (κ2) is 5.84. The van der Waals surface area contributed by atoms with Crippen molar-refractivity contribution in [1.82, 2.24) is 15.1 Å². The van der Waals surface area contributed by atoms with Crippen molar-refractivity contribution in [2.45, 2.75) is 13.3 Å². The number of thiophene rings is 1. The molecule has 0 spiro atoms. The smallest absolute Gasteiger partial charge is 0.264 e. The van der Waals surface area contributed by atoms with Crippen LogP contribution in [0.25, 0.3) is 0 Å². The molecule has 0 bridgehead atoms. The molecular formula is C15H23N3OS. The Bertz CT molecular complexity index is 446. The maximum absolute atomic E-state index is 12.3. The van der Waals surface area contributed by atoms with Crippen LogP contribution in [0.15, 0.2) is 17.5 Å². The highest BCUT2D eigenvalue weighted by Gasteiger charge is 2.32. The lowest BCUT2D eigenvalue weighted by Gasteiger charge is -2.38. The van der Waals surface area contributed by atoms with Gasteiger partial charge in [0.25, 0.3) is 5.91 Å². The lowest BCUT2D eigenvalue weighted by molar-refractivity contribution is 0.0586. The van der Waals surface area contributed by atoms with Crippen LogP contribution in [-0.2, 0) is 0 Å². The molecule has 0 radical (unpaired) electrons. The topological polar surface area (TPSA) is 35.6 Å². The Kier molecular flexibility index (Phi) is 4.10. The number of rotatable bonds is 3. The van der Waals surface area contributed by atoms with Crippen molar-refractivity contribution in [1.29, 1.82) is 0 Å². The highest BCUT2D eigenvalue weighted by Crippen LogP contribution is 2.26. The monoisotopic (exact) mass is 293 g/mol. The maximum atomic E-state index is 12.3. The van der Waals surface area contributed by atoms with Crippen LogP contribution in [0.4, 0.5) is 0 Å². The first-order valence-electron chi connectivity index (χ1n) is 7.42. The quantitative estimate of drug-likeness (QED) is 0.917. The lowest BCUT2D eigenvalue weighted by atomic mass is 9.89. The summed E-state index contributed by atoms with van der Waals surface area (Å²) >= 11 is 1.54. The van der Waals surface area contributed by atoms with E-state index in [2.05, 4.69) is 17.1 Å². The molecule has 0 saturated carbocycles. The first-order chi connectivity index (χ1) is 9.66. The first-order valence-corrected chi connectivity index (χ1v) is 8.30. The standard InChI is InChI=1S/C15H23N3OS/c1-15(4-5-16-11-15)12-17-6-8-18(9-7-17)14(19)13-3-2-10-20-13/h2-3,10,16H,4-9,11-12H2,1H3. The van der Waals surface area contributed by atoms with Gasteiger partial charge >= 0.3 is 0 Å². The van der Waals surface area contributed by atoms with E-state index in [-0.39, 0.29) is 5.91 Å². The van der Waals surface area contributed by atoms with E-state index in [0.29, 0.717) is 5.41 Å². The second-order valence-corrected chi connectivity index (χ2v) is 7.23. The number of carbonyl (C=O) groups is 1. The Hall–Kier alpha value is -0.910. The molecule has 3 rings (SSSR count). The van der Waals surface area contributed by atoms with Gasteiger partial charge in [0.05, 0.1) is 4.88 Å². The molecule has 1 N–H and O–H groups in total. The van der Waals surface area contributed by atoms with E-state index < -0.39 is 0 Å². The van der Waals surface area contributed by atoms with Crippen molar-refractivity contribution in [3.05, 3.63) is 22.4 Å². The molecule has 0 aromatic carbocycles. The summed E-state index contributed by atoms with van der Waals surface area (Å²) in [5, 5.41) is 5.43. The molecule has 110 valence electrons. The van der Waals surface area contributed by atoms with Gasteiger partial charge in [-0.1, -0.05) is 13.0 Å². The van der Waals surface area contributed by atoms with Gasteiger partial charge in [0.1, 0.15) is 0 Å². The molecule has 3 heterocycles. The Labute approximate surface area is 124 Å². The highest BCUT2D eigenvalue weighted by atomic mass is 32.1. The number of amides is 1. The summed E-state index contributed by atoms with van der Waals surface area (Å²) in [6.45, 7) is 9.53. The van der Waals surface area contributed by atoms with Crippen LogP contribution in [0.1, 0.15) is 23.0 Å². The minimum atomic E-state index is 0.202. The summed E-state index contributed by atoms with van der Waals surface area (Å²) in [4.78, 5) is 17.7. The SMILES string of the molecule is CC1(CN2CCN(C(=O)c3cccs3)CC2)CCNC1. The zero-order chi connectivity index (χ0) is 14.0. The van der Waals surface area contributed by atoms with Crippen LogP contribution in [0.5, 0.6) is 0 Å². The summed E-state index contributed by atoms with van der Waals surface area (Å²) in [6, 6.07) is 3.87. The normalized spacial score (nSPS) is 27.9. The van der Waals surface area contributed by atoms with E-state index >= 15 is 0 Å². The van der Waals surface area contributed by atoms with E-state index in [1.54, 1.807) is 0 Å². The zero-order valence-corrected chi connectivity index (χ0v) is 12.9. The second-order valence-electron chi connectivity index (χ2n) is 6.28. The molecule has 2 fully saturated rings. The van der Waals surface area contributed by atoms with Crippen LogP contribution in [-0.4, -0.2) is 61.5 Å². The summed E-state index contributed by atoms with van der Waals surface area (Å²) in [7, 11) is 0. The molecule has 2 saturated heterocycles. The van der Waals surface area contributed by atoms with Gasteiger partial charge < -0.3 is 10.2 Å². The van der Waals surface area contributed by atoms with Crippen LogP contribution in [0.2, 0.25) is 0 Å². The Morgan fingerprint density at radius 3 is 2.80 bits per heavy atom. The van der Waals surface area contributed by atoms with Crippen LogP contribution >= 0.6 is 11.3 Å². The fraction of sp³-hybridized carbons (Fsp3) is 0.667. The van der Waals surface area contributed by atoms with Crippen LogP contribution < -0.4 is 5.32 Å². The molecule has 1 amide bonds. The molecule has 1 unspecified atom stereocenters. The average Bonchev–Trinajstić information content (AvgIpc) is 3.10. The Balaban J connectivity index is 1.51. The fourth-order valence-electron chi connectivity index (χ4n) is 3.21. The van der Waals surface area contributed by atoms with Crippen LogP contribution in [0.3, 0.4) is 0 Å². The number of nitrogens with one attached hydrogen (secondary N) is 1. The van der Waals surface area contributed by atoms with E-state index in [9.17, 15) is 4.79 Å². The van der Waals surface area contributed by atoms with Gasteiger partial charge in [0.15, 0.2) is 0 Å². The van der Waals surface area contributed by atoms with Gasteiger partial charge in [0.2, 0.25) is 0 Å². The van der Waals surface area contributed by atoms with Gasteiger partial charge in [-0.25, -0.2) is 0 Å². The molecule has 0 aliphatic carbocycles. The van der Waals surface area contributed by atoms with Crippen molar-refractivity contribution >= 4 is 17.2 Å². The number of hydrogen-bond donors (Lipinski definition) is 1. The molecule has 4 nitrogen and oxygen atoms in total. The van der Waals surface area contributed by atoms with Gasteiger partial charge in [0, 0.05) is 39.3 Å². The Morgan fingerprint density at radius 2 is 2.20 bits per heavy atom. The molecule has 2 aliphatic rings. The largest absolute Gasteiger partial charge is 0.335 e. The molecule has 5 heteroatoms. The zero-order valence-electron chi connectivity index (χ0n) is 12.1. The lowest BCUT2D eigenvalue weighted by Crippen LogP contribution is -2.51. The van der Waals surface area contributed by atoms with Crippen LogP contribution in [0, 0.1) is 5.41 Å². The molecular weight excluding hydrogens is 270 g/mol. The number of carbonyl (C=O) groups excluding carboxylic acids is 1. The first kappa shape index (κ1) is 14.0. The van der Waals surface area contributed by atoms with E-state index in [1.165, 1.54) is 17.8 Å². The van der Waals surface area contributed by atoms with Gasteiger partial charge in [-0.3, -0.25) is 9.69 Å². The predicted octanol–water partition coefficient (Wildman–Crippen LogP) is 1.51. The summed E-state index contributed by atoms with van der Waals surface area (Å²) in [5.74, 6) is 0.202. The number of piperazine rings is 1. The van der Waals surface area contributed by atoms with E-state index in [0.717, 1.165) is 50.7 Å². The molecule has 1 aromatic rings. The van der Waals surface area contributed by atoms with Gasteiger partial charge in [-0.05, 0) is 29.8 Å². The third-order valence-corrected chi connectivity index (χ3v) is 5.31. The predicted molar refractivity (Wildman–Crippen MR) is 82.3 cm³/mol. The molecule has 2 aliphatic heterocycles. The van der Waals surface area contributed by atoms with Gasteiger partial charge in [-0.2, -0.15) is 0 Å². The highest BCUT2D eigenvalue weighted by molar-refractivity contribution is 7.12. The summed E-state index contributed by atoms with van der Waals surface area (Å²) in [5.41, 5.74) is 0.417. The third kappa shape index (κ3) is 3.05.